The molecular weight excluding hydrogens is 416 g/mol. The highest BCUT2D eigenvalue weighted by atomic mass is 28.4. The number of hydrogen-bond acceptors (Lipinski definition) is 1. The first kappa shape index (κ1) is 25.7. The maximum atomic E-state index is 6.91. The van der Waals surface area contributed by atoms with Crippen molar-refractivity contribution < 1.29 is 4.43 Å². The number of allylic oxidation sites excluding steroid dienone is 3. The molecule has 0 N–H and O–H groups in total. The van der Waals surface area contributed by atoms with Crippen molar-refractivity contribution in [3.05, 3.63) is 23.3 Å². The van der Waals surface area contributed by atoms with Gasteiger partial charge in [-0.2, -0.15) is 0 Å². The largest absolute Gasteiger partial charge is 0.414 e. The fourth-order valence-corrected chi connectivity index (χ4v) is 9.93. The molecule has 0 aromatic carbocycles. The van der Waals surface area contributed by atoms with Crippen LogP contribution in [0.4, 0.5) is 0 Å². The van der Waals surface area contributed by atoms with Gasteiger partial charge in [0.15, 0.2) is 8.32 Å². The molecule has 7 atom stereocenters. The van der Waals surface area contributed by atoms with Gasteiger partial charge in [0.25, 0.3) is 0 Å². The van der Waals surface area contributed by atoms with Crippen molar-refractivity contribution in [1.82, 2.24) is 0 Å². The molecule has 0 spiro atoms. The maximum Gasteiger partial charge on any atom is 0.192 e. The maximum absolute atomic E-state index is 6.91. The summed E-state index contributed by atoms with van der Waals surface area (Å²) in [6.45, 7) is 22.1. The highest BCUT2D eigenvalue weighted by molar-refractivity contribution is 6.74. The van der Waals surface area contributed by atoms with Crippen LogP contribution in [0.1, 0.15) is 113 Å². The molecule has 2 heteroatoms. The van der Waals surface area contributed by atoms with E-state index in [1.54, 1.807) is 5.57 Å². The molecular formula is C31H54OSi. The number of hydrogen-bond donors (Lipinski definition) is 0. The molecule has 1 unspecified atom stereocenters. The van der Waals surface area contributed by atoms with Gasteiger partial charge < -0.3 is 4.43 Å². The van der Waals surface area contributed by atoms with Crippen LogP contribution < -0.4 is 0 Å². The Hall–Kier alpha value is -0.343. The fraction of sp³-hybridized carbons (Fsp3) is 0.871. The fourth-order valence-electron chi connectivity index (χ4n) is 8.54. The lowest BCUT2D eigenvalue weighted by molar-refractivity contribution is 0.0312. The van der Waals surface area contributed by atoms with Gasteiger partial charge in [-0.05, 0) is 97.6 Å². The Balaban J connectivity index is 1.56. The number of rotatable bonds is 6. The Bertz CT molecular complexity index is 785. The molecule has 4 aliphatic rings. The second-order valence-electron chi connectivity index (χ2n) is 14.3. The van der Waals surface area contributed by atoms with Crippen LogP contribution >= 0.6 is 0 Å². The molecule has 33 heavy (non-hydrogen) atoms. The van der Waals surface area contributed by atoms with Crippen LogP contribution in [-0.2, 0) is 4.43 Å². The summed E-state index contributed by atoms with van der Waals surface area (Å²) in [5.74, 6) is 3.51. The summed E-state index contributed by atoms with van der Waals surface area (Å²) < 4.78 is 6.91. The minimum atomic E-state index is -1.71. The highest BCUT2D eigenvalue weighted by Crippen LogP contribution is 2.66. The average molecular weight is 471 g/mol. The lowest BCUT2D eigenvalue weighted by Gasteiger charge is -2.56. The van der Waals surface area contributed by atoms with E-state index in [1.807, 2.05) is 5.57 Å². The van der Waals surface area contributed by atoms with Gasteiger partial charge in [0.05, 0.1) is 0 Å². The lowest BCUT2D eigenvalue weighted by Crippen LogP contribution is -2.49. The van der Waals surface area contributed by atoms with Crippen molar-refractivity contribution >= 4 is 8.32 Å². The van der Waals surface area contributed by atoms with E-state index in [1.165, 1.54) is 64.2 Å². The summed E-state index contributed by atoms with van der Waals surface area (Å²) in [6.07, 6.45) is 19.3. The van der Waals surface area contributed by atoms with Crippen LogP contribution in [0.2, 0.25) is 18.1 Å². The lowest BCUT2D eigenvalue weighted by atomic mass is 9.50. The van der Waals surface area contributed by atoms with Crippen LogP contribution in [0.3, 0.4) is 0 Å². The molecule has 1 nitrogen and oxygen atoms in total. The third kappa shape index (κ3) is 4.28. The van der Waals surface area contributed by atoms with Crippen molar-refractivity contribution in [3.63, 3.8) is 0 Å². The van der Waals surface area contributed by atoms with Gasteiger partial charge in [-0.25, -0.2) is 0 Å². The van der Waals surface area contributed by atoms with Gasteiger partial charge >= 0.3 is 0 Å². The molecule has 0 heterocycles. The van der Waals surface area contributed by atoms with E-state index in [4.69, 9.17) is 4.43 Å². The SMILES string of the molecule is CCC[C@H](CC)[C@H]1CC[C@H]2C3=CC=C4CC(O[Si](C)(C)C(C)(C)C)CC[C@]4(C)[C@H]3CC[C@]12C. The molecule has 4 aliphatic carbocycles. The van der Waals surface area contributed by atoms with Crippen LogP contribution in [0.25, 0.3) is 0 Å². The Morgan fingerprint density at radius 1 is 1.00 bits per heavy atom. The zero-order valence-electron chi connectivity index (χ0n) is 23.5. The summed E-state index contributed by atoms with van der Waals surface area (Å²) in [5, 5.41) is 0.294. The molecule has 0 aromatic rings. The van der Waals surface area contributed by atoms with E-state index < -0.39 is 8.32 Å². The van der Waals surface area contributed by atoms with Crippen LogP contribution in [0.15, 0.2) is 23.3 Å². The van der Waals surface area contributed by atoms with Gasteiger partial charge in [-0.1, -0.05) is 91.0 Å². The predicted octanol–water partition coefficient (Wildman–Crippen LogP) is 9.70. The second kappa shape index (κ2) is 8.95. The van der Waals surface area contributed by atoms with Gasteiger partial charge in [0, 0.05) is 6.10 Å². The smallest absolute Gasteiger partial charge is 0.192 e. The number of fused-ring (bicyclic) bond motifs is 5. The van der Waals surface area contributed by atoms with Gasteiger partial charge in [0.1, 0.15) is 0 Å². The first-order chi connectivity index (χ1) is 15.4. The quantitative estimate of drug-likeness (QED) is 0.351. The molecule has 188 valence electrons. The molecule has 0 saturated heterocycles. The zero-order chi connectivity index (χ0) is 24.2. The third-order valence-corrected chi connectivity index (χ3v) is 16.2. The van der Waals surface area contributed by atoms with E-state index in [0.717, 1.165) is 23.7 Å². The second-order valence-corrected chi connectivity index (χ2v) is 19.1. The Kier molecular flexibility index (Phi) is 6.98. The van der Waals surface area contributed by atoms with E-state index in [9.17, 15) is 0 Å². The van der Waals surface area contributed by atoms with Crippen LogP contribution in [-0.4, -0.2) is 14.4 Å². The highest BCUT2D eigenvalue weighted by Gasteiger charge is 2.57. The summed E-state index contributed by atoms with van der Waals surface area (Å²) in [6, 6.07) is 0. The third-order valence-electron chi connectivity index (χ3n) is 11.6. The normalized spacial score (nSPS) is 39.8. The van der Waals surface area contributed by atoms with Crippen molar-refractivity contribution in [1.29, 1.82) is 0 Å². The minimum absolute atomic E-state index is 0.294. The Morgan fingerprint density at radius 2 is 1.73 bits per heavy atom. The molecule has 0 amide bonds. The van der Waals surface area contributed by atoms with E-state index >= 15 is 0 Å². The first-order valence-corrected chi connectivity index (χ1v) is 17.4. The summed E-state index contributed by atoms with van der Waals surface area (Å²) in [7, 11) is -1.71. The van der Waals surface area contributed by atoms with Crippen molar-refractivity contribution in [2.24, 2.45) is 34.5 Å². The van der Waals surface area contributed by atoms with Crippen molar-refractivity contribution in [3.8, 4) is 0 Å². The van der Waals surface area contributed by atoms with Crippen LogP contribution in [0, 0.1) is 34.5 Å². The monoisotopic (exact) mass is 470 g/mol. The molecule has 0 aromatic heterocycles. The van der Waals surface area contributed by atoms with Crippen molar-refractivity contribution in [2.45, 2.75) is 137 Å². The van der Waals surface area contributed by atoms with Crippen molar-refractivity contribution in [2.75, 3.05) is 0 Å². The molecule has 3 fully saturated rings. The Morgan fingerprint density at radius 3 is 2.36 bits per heavy atom. The van der Waals surface area contributed by atoms with Crippen LogP contribution in [0.5, 0.6) is 0 Å². The summed E-state index contributed by atoms with van der Waals surface area (Å²) in [4.78, 5) is 0. The molecule has 3 saturated carbocycles. The Labute approximate surface area is 207 Å². The molecule has 4 rings (SSSR count). The van der Waals surface area contributed by atoms with E-state index in [2.05, 4.69) is 73.7 Å². The van der Waals surface area contributed by atoms with E-state index in [-0.39, 0.29) is 0 Å². The first-order valence-electron chi connectivity index (χ1n) is 14.5. The minimum Gasteiger partial charge on any atom is -0.414 e. The molecule has 0 bridgehead atoms. The van der Waals surface area contributed by atoms with Gasteiger partial charge in [-0.3, -0.25) is 0 Å². The summed E-state index contributed by atoms with van der Waals surface area (Å²) >= 11 is 0. The van der Waals surface area contributed by atoms with E-state index in [0.29, 0.717) is 22.0 Å². The molecule has 0 radical (unpaired) electrons. The summed E-state index contributed by atoms with van der Waals surface area (Å²) in [5.41, 5.74) is 4.49. The predicted molar refractivity (Wildman–Crippen MR) is 146 cm³/mol. The molecule has 0 aliphatic heterocycles. The van der Waals surface area contributed by atoms with Gasteiger partial charge in [0.2, 0.25) is 0 Å². The van der Waals surface area contributed by atoms with Gasteiger partial charge in [-0.15, -0.1) is 0 Å². The zero-order valence-corrected chi connectivity index (χ0v) is 24.5. The standard InChI is InChI=1S/C31H54OSi/c1-10-12-22(11-2)26-15-16-27-25-14-13-23-21-24(32-33(8,9)29(3,4)5)17-19-30(23,6)28(25)18-20-31(26,27)7/h13-14,22,24,26-28H,10-12,15-21H2,1-9H3/t22-,24?,26+,27-,28-,30-,31+/m0/s1. The topological polar surface area (TPSA) is 9.23 Å². The average Bonchev–Trinajstić information content (AvgIpc) is 3.08.